The van der Waals surface area contributed by atoms with Crippen LogP contribution in [-0.4, -0.2) is 6.73 Å². The van der Waals surface area contributed by atoms with E-state index >= 15 is 0 Å². The average Bonchev–Trinajstić information content (AvgIpc) is 3.14. The fraction of sp³-hybridized carbons (Fsp3) is 0.318. The van der Waals surface area contributed by atoms with Crippen LogP contribution in [0, 0.1) is 13.8 Å². The molecular weight excluding hydrogens is 326 g/mol. The molecular formula is C22H21NO3. The van der Waals surface area contributed by atoms with Gasteiger partial charge in [-0.15, -0.1) is 0 Å². The second-order valence-corrected chi connectivity index (χ2v) is 7.31. The maximum Gasteiger partial charge on any atom is 0.339 e. The third kappa shape index (κ3) is 2.18. The maximum atomic E-state index is 12.4. The summed E-state index contributed by atoms with van der Waals surface area (Å²) >= 11 is 0. The van der Waals surface area contributed by atoms with Gasteiger partial charge in [0, 0.05) is 16.6 Å². The summed E-state index contributed by atoms with van der Waals surface area (Å²) in [4.78, 5) is 14.6. The minimum absolute atomic E-state index is 0.178. The van der Waals surface area contributed by atoms with E-state index in [1.165, 1.54) is 16.7 Å². The number of anilines is 1. The second kappa shape index (κ2) is 5.63. The monoisotopic (exact) mass is 347 g/mol. The summed E-state index contributed by atoms with van der Waals surface area (Å²) in [6, 6.07) is 10.4. The summed E-state index contributed by atoms with van der Waals surface area (Å²) in [5.41, 5.74) is 7.20. The molecule has 4 heteroatoms. The van der Waals surface area contributed by atoms with Crippen molar-refractivity contribution in [1.82, 2.24) is 0 Å². The van der Waals surface area contributed by atoms with E-state index in [0.717, 1.165) is 47.2 Å². The van der Waals surface area contributed by atoms with Gasteiger partial charge in [-0.1, -0.05) is 12.1 Å². The fourth-order valence-electron chi connectivity index (χ4n) is 4.29. The van der Waals surface area contributed by atoms with Crippen molar-refractivity contribution in [2.45, 2.75) is 39.7 Å². The number of nitrogens with zero attached hydrogens (tertiary/aromatic N) is 1. The Hall–Kier alpha value is -2.75. The highest BCUT2D eigenvalue weighted by Gasteiger charge is 2.26. The molecule has 3 aromatic rings. The van der Waals surface area contributed by atoms with E-state index in [2.05, 4.69) is 43.0 Å². The lowest BCUT2D eigenvalue weighted by atomic mass is 10.0. The van der Waals surface area contributed by atoms with Crippen LogP contribution in [0.3, 0.4) is 0 Å². The van der Waals surface area contributed by atoms with Gasteiger partial charge in [-0.25, -0.2) is 4.79 Å². The number of hydrogen-bond acceptors (Lipinski definition) is 4. The lowest BCUT2D eigenvalue weighted by molar-refractivity contribution is 0.289. The van der Waals surface area contributed by atoms with Crippen LogP contribution in [-0.2, 0) is 19.4 Å². The summed E-state index contributed by atoms with van der Waals surface area (Å²) in [5, 5.41) is 1.07. The number of benzene rings is 2. The van der Waals surface area contributed by atoms with Gasteiger partial charge in [-0.05, 0) is 68.0 Å². The van der Waals surface area contributed by atoms with E-state index in [0.29, 0.717) is 18.9 Å². The van der Waals surface area contributed by atoms with Gasteiger partial charge in [0.25, 0.3) is 0 Å². The standard InChI is InChI=1S/C22H21NO3/c1-13-5-3-8-19(14(13)2)23-11-18-20(25-12-23)10-9-16-15-6-4-7-17(15)22(24)26-21(16)18/h3,5,8-10H,4,6-7,11-12H2,1-2H3. The Morgan fingerprint density at radius 1 is 1.00 bits per heavy atom. The fourth-order valence-corrected chi connectivity index (χ4v) is 4.29. The van der Waals surface area contributed by atoms with Crippen molar-refractivity contribution in [2.75, 3.05) is 11.6 Å². The SMILES string of the molecule is Cc1cccc(N2COc3ccc4c5c(c(=O)oc4c3C2)CCC5)c1C. The first-order chi connectivity index (χ1) is 12.6. The molecule has 0 bridgehead atoms. The van der Waals surface area contributed by atoms with Crippen molar-refractivity contribution < 1.29 is 9.15 Å². The van der Waals surface area contributed by atoms with Crippen molar-refractivity contribution in [3.8, 4) is 5.75 Å². The van der Waals surface area contributed by atoms with E-state index in [4.69, 9.17) is 9.15 Å². The zero-order chi connectivity index (χ0) is 17.8. The van der Waals surface area contributed by atoms with Gasteiger partial charge in [-0.3, -0.25) is 0 Å². The lowest BCUT2D eigenvalue weighted by Crippen LogP contribution is -2.32. The van der Waals surface area contributed by atoms with Gasteiger partial charge in [0.15, 0.2) is 6.73 Å². The van der Waals surface area contributed by atoms with Crippen LogP contribution in [0.25, 0.3) is 11.0 Å². The van der Waals surface area contributed by atoms with Gasteiger partial charge >= 0.3 is 5.63 Å². The lowest BCUT2D eigenvalue weighted by Gasteiger charge is -2.32. The molecule has 0 radical (unpaired) electrons. The van der Waals surface area contributed by atoms with Crippen molar-refractivity contribution in [2.24, 2.45) is 0 Å². The van der Waals surface area contributed by atoms with Crippen LogP contribution < -0.4 is 15.3 Å². The summed E-state index contributed by atoms with van der Waals surface area (Å²) in [7, 11) is 0. The van der Waals surface area contributed by atoms with Crippen LogP contribution in [0.4, 0.5) is 5.69 Å². The molecule has 2 heterocycles. The summed E-state index contributed by atoms with van der Waals surface area (Å²) in [6.07, 6.45) is 2.81. The summed E-state index contributed by atoms with van der Waals surface area (Å²) in [6.45, 7) is 5.43. The second-order valence-electron chi connectivity index (χ2n) is 7.31. The molecule has 132 valence electrons. The molecule has 1 aromatic heterocycles. The molecule has 26 heavy (non-hydrogen) atoms. The van der Waals surface area contributed by atoms with Crippen LogP contribution in [0.5, 0.6) is 5.75 Å². The highest BCUT2D eigenvalue weighted by Crippen LogP contribution is 2.37. The molecule has 2 aromatic carbocycles. The van der Waals surface area contributed by atoms with E-state index in [-0.39, 0.29) is 5.63 Å². The molecule has 1 aliphatic heterocycles. The number of fused-ring (bicyclic) bond motifs is 5. The van der Waals surface area contributed by atoms with E-state index in [1.807, 2.05) is 6.07 Å². The van der Waals surface area contributed by atoms with Crippen LogP contribution >= 0.6 is 0 Å². The van der Waals surface area contributed by atoms with Crippen LogP contribution in [0.15, 0.2) is 39.5 Å². The van der Waals surface area contributed by atoms with Crippen molar-refractivity contribution in [1.29, 1.82) is 0 Å². The molecule has 0 fully saturated rings. The molecule has 0 saturated carbocycles. The summed E-state index contributed by atoms with van der Waals surface area (Å²) < 4.78 is 11.8. The predicted octanol–water partition coefficient (Wildman–Crippen LogP) is 4.26. The van der Waals surface area contributed by atoms with Gasteiger partial charge in [0.05, 0.1) is 12.1 Å². The molecule has 2 aliphatic rings. The van der Waals surface area contributed by atoms with Crippen molar-refractivity contribution >= 4 is 16.7 Å². The number of rotatable bonds is 1. The van der Waals surface area contributed by atoms with Crippen LogP contribution in [0.2, 0.25) is 0 Å². The first kappa shape index (κ1) is 15.5. The Labute approximate surface area is 152 Å². The minimum Gasteiger partial charge on any atom is -0.473 e. The molecule has 1 aliphatic carbocycles. The molecule has 0 N–H and O–H groups in total. The normalized spacial score (nSPS) is 15.7. The summed E-state index contributed by atoms with van der Waals surface area (Å²) in [5.74, 6) is 0.820. The van der Waals surface area contributed by atoms with E-state index in [1.54, 1.807) is 0 Å². The topological polar surface area (TPSA) is 42.7 Å². The highest BCUT2D eigenvalue weighted by atomic mass is 16.5. The largest absolute Gasteiger partial charge is 0.473 e. The Bertz CT molecular complexity index is 1100. The van der Waals surface area contributed by atoms with Crippen LogP contribution in [0.1, 0.15) is 34.2 Å². The zero-order valence-corrected chi connectivity index (χ0v) is 15.1. The quantitative estimate of drug-likeness (QED) is 0.617. The number of hydrogen-bond donors (Lipinski definition) is 0. The molecule has 0 spiro atoms. The van der Waals surface area contributed by atoms with Gasteiger partial charge in [0.1, 0.15) is 11.3 Å². The average molecular weight is 347 g/mol. The molecule has 0 atom stereocenters. The molecule has 0 unspecified atom stereocenters. The first-order valence-corrected chi connectivity index (χ1v) is 9.18. The Balaban J connectivity index is 1.67. The number of aryl methyl sites for hydroxylation is 2. The maximum absolute atomic E-state index is 12.4. The van der Waals surface area contributed by atoms with Gasteiger partial charge < -0.3 is 14.1 Å². The highest BCUT2D eigenvalue weighted by molar-refractivity contribution is 5.87. The first-order valence-electron chi connectivity index (χ1n) is 9.18. The Morgan fingerprint density at radius 2 is 1.85 bits per heavy atom. The molecule has 5 rings (SSSR count). The van der Waals surface area contributed by atoms with E-state index in [9.17, 15) is 4.79 Å². The van der Waals surface area contributed by atoms with E-state index < -0.39 is 0 Å². The Kier molecular flexibility index (Phi) is 3.36. The molecule has 4 nitrogen and oxygen atoms in total. The Morgan fingerprint density at radius 3 is 2.73 bits per heavy atom. The minimum atomic E-state index is -0.178. The third-order valence-electron chi connectivity index (χ3n) is 5.84. The third-order valence-corrected chi connectivity index (χ3v) is 5.84. The predicted molar refractivity (Wildman–Crippen MR) is 102 cm³/mol. The van der Waals surface area contributed by atoms with Crippen molar-refractivity contribution in [3.05, 3.63) is 68.6 Å². The van der Waals surface area contributed by atoms with Gasteiger partial charge in [0.2, 0.25) is 0 Å². The number of ether oxygens (including phenoxy) is 1. The molecule has 0 saturated heterocycles. The zero-order valence-electron chi connectivity index (χ0n) is 15.1. The smallest absolute Gasteiger partial charge is 0.339 e. The van der Waals surface area contributed by atoms with Crippen molar-refractivity contribution in [3.63, 3.8) is 0 Å². The molecule has 0 amide bonds. The van der Waals surface area contributed by atoms with Gasteiger partial charge in [-0.2, -0.15) is 0 Å².